The minimum absolute atomic E-state index is 0.0708. The Morgan fingerprint density at radius 3 is 2.65 bits per heavy atom. The quantitative estimate of drug-likeness (QED) is 0.385. The molecular formula is C22H17Cl2FN4O2. The van der Waals surface area contributed by atoms with Gasteiger partial charge in [-0.2, -0.15) is 0 Å². The predicted octanol–water partition coefficient (Wildman–Crippen LogP) is 5.74. The normalized spacial score (nSPS) is 13.3. The lowest BCUT2D eigenvalue weighted by Gasteiger charge is -2.17. The lowest BCUT2D eigenvalue weighted by Crippen LogP contribution is -2.11. The van der Waals surface area contributed by atoms with Gasteiger partial charge in [-0.1, -0.05) is 52.7 Å². The zero-order valence-electron chi connectivity index (χ0n) is 16.6. The van der Waals surface area contributed by atoms with Crippen molar-refractivity contribution in [3.05, 3.63) is 75.7 Å². The minimum atomic E-state index is -0.927. The van der Waals surface area contributed by atoms with E-state index in [9.17, 15) is 14.3 Å². The van der Waals surface area contributed by atoms with E-state index in [4.69, 9.17) is 23.2 Å². The first-order valence-electron chi connectivity index (χ1n) is 9.46. The van der Waals surface area contributed by atoms with Gasteiger partial charge in [-0.25, -0.2) is 9.07 Å². The molecule has 0 spiro atoms. The SMILES string of the molecule is CC(C(=O)O)c1ccccc1-c1cc2c(cn1)nnn2[C@H](C)c1c(Cl)ccc(F)c1Cl. The maximum Gasteiger partial charge on any atom is 0.310 e. The lowest BCUT2D eigenvalue weighted by molar-refractivity contribution is -0.138. The van der Waals surface area contributed by atoms with Crippen molar-refractivity contribution in [2.75, 3.05) is 0 Å². The number of nitrogens with zero attached hydrogens (tertiary/aromatic N) is 4. The van der Waals surface area contributed by atoms with Crippen LogP contribution in [0, 0.1) is 5.82 Å². The van der Waals surface area contributed by atoms with Gasteiger partial charge in [0.05, 0.1) is 34.4 Å². The molecule has 0 aliphatic rings. The largest absolute Gasteiger partial charge is 0.481 e. The van der Waals surface area contributed by atoms with Crippen molar-refractivity contribution >= 4 is 40.2 Å². The number of hydrogen-bond acceptors (Lipinski definition) is 4. The van der Waals surface area contributed by atoms with Crippen LogP contribution in [0.4, 0.5) is 4.39 Å². The molecule has 2 aromatic heterocycles. The fourth-order valence-corrected chi connectivity index (χ4v) is 4.25. The van der Waals surface area contributed by atoms with Crippen LogP contribution in [0.1, 0.15) is 36.9 Å². The second kappa shape index (κ2) is 8.24. The summed E-state index contributed by atoms with van der Waals surface area (Å²) in [6, 6.07) is 11.1. The zero-order chi connectivity index (χ0) is 22.3. The van der Waals surface area contributed by atoms with Gasteiger partial charge < -0.3 is 5.11 Å². The number of fused-ring (bicyclic) bond motifs is 1. The number of halogens is 3. The van der Waals surface area contributed by atoms with Crippen LogP contribution in [0.5, 0.6) is 0 Å². The van der Waals surface area contributed by atoms with Crippen LogP contribution >= 0.6 is 23.2 Å². The summed E-state index contributed by atoms with van der Waals surface area (Å²) in [6.07, 6.45) is 1.57. The molecule has 158 valence electrons. The molecule has 9 heteroatoms. The standard InChI is InChI=1S/C22H17Cl2FN4O2/c1-11(22(30)31)13-5-3-4-6-14(13)17-9-19-18(10-26-17)27-28-29(19)12(2)20-15(23)7-8-16(25)21(20)24/h3-12H,1-2H3,(H,30,31)/t11?,12-/m1/s1. The molecule has 0 aliphatic heterocycles. The van der Waals surface area contributed by atoms with E-state index in [1.54, 1.807) is 42.9 Å². The molecule has 31 heavy (non-hydrogen) atoms. The van der Waals surface area contributed by atoms with Crippen molar-refractivity contribution in [2.45, 2.75) is 25.8 Å². The second-order valence-electron chi connectivity index (χ2n) is 7.17. The Bertz CT molecular complexity index is 1310. The number of carbonyl (C=O) groups is 1. The Labute approximate surface area is 187 Å². The van der Waals surface area contributed by atoms with Gasteiger partial charge in [0, 0.05) is 16.1 Å². The summed E-state index contributed by atoms with van der Waals surface area (Å²) >= 11 is 12.5. The number of pyridine rings is 1. The fourth-order valence-electron chi connectivity index (χ4n) is 3.56. The molecule has 0 bridgehead atoms. The average molecular weight is 459 g/mol. The third-order valence-electron chi connectivity index (χ3n) is 5.30. The monoisotopic (exact) mass is 458 g/mol. The van der Waals surface area contributed by atoms with E-state index in [0.717, 1.165) is 0 Å². The number of hydrogen-bond donors (Lipinski definition) is 1. The summed E-state index contributed by atoms with van der Waals surface area (Å²) in [5.41, 5.74) is 3.47. The van der Waals surface area contributed by atoms with Gasteiger partial charge in [0.2, 0.25) is 0 Å². The van der Waals surface area contributed by atoms with Crippen LogP contribution in [0.3, 0.4) is 0 Å². The average Bonchev–Trinajstić information content (AvgIpc) is 3.19. The zero-order valence-corrected chi connectivity index (χ0v) is 18.1. The van der Waals surface area contributed by atoms with Crippen molar-refractivity contribution < 1.29 is 14.3 Å². The highest BCUT2D eigenvalue weighted by Crippen LogP contribution is 2.36. The summed E-state index contributed by atoms with van der Waals surface area (Å²) in [7, 11) is 0. The van der Waals surface area contributed by atoms with Crippen LogP contribution in [0.2, 0.25) is 10.0 Å². The summed E-state index contributed by atoms with van der Waals surface area (Å²) in [4.78, 5) is 16.0. The van der Waals surface area contributed by atoms with E-state index in [-0.39, 0.29) is 5.02 Å². The fraction of sp³-hybridized carbons (Fsp3) is 0.182. The molecule has 6 nitrogen and oxygen atoms in total. The molecule has 0 saturated carbocycles. The summed E-state index contributed by atoms with van der Waals surface area (Å²) in [5, 5.41) is 18.0. The Kier molecular flexibility index (Phi) is 5.64. The van der Waals surface area contributed by atoms with E-state index in [1.807, 2.05) is 12.1 Å². The molecule has 2 atom stereocenters. The third-order valence-corrected chi connectivity index (χ3v) is 6.01. The van der Waals surface area contributed by atoms with Gasteiger partial charge in [-0.3, -0.25) is 9.78 Å². The van der Waals surface area contributed by atoms with Gasteiger partial charge in [0.1, 0.15) is 11.3 Å². The van der Waals surface area contributed by atoms with E-state index in [1.165, 1.54) is 12.1 Å². The molecule has 0 amide bonds. The van der Waals surface area contributed by atoms with Gasteiger partial charge >= 0.3 is 5.97 Å². The highest BCUT2D eigenvalue weighted by atomic mass is 35.5. The van der Waals surface area contributed by atoms with Gasteiger partial charge in [0.15, 0.2) is 0 Å². The molecule has 2 heterocycles. The molecule has 0 saturated heterocycles. The topological polar surface area (TPSA) is 80.9 Å². The van der Waals surface area contributed by atoms with Crippen LogP contribution in [0.15, 0.2) is 48.7 Å². The Morgan fingerprint density at radius 1 is 1.16 bits per heavy atom. The number of carboxylic acids is 1. The lowest BCUT2D eigenvalue weighted by atomic mass is 9.94. The third kappa shape index (κ3) is 3.75. The van der Waals surface area contributed by atoms with E-state index in [0.29, 0.717) is 38.4 Å². The minimum Gasteiger partial charge on any atom is -0.481 e. The van der Waals surface area contributed by atoms with E-state index < -0.39 is 23.7 Å². The Morgan fingerprint density at radius 2 is 1.90 bits per heavy atom. The van der Waals surface area contributed by atoms with E-state index in [2.05, 4.69) is 15.3 Å². The second-order valence-corrected chi connectivity index (χ2v) is 7.96. The molecular weight excluding hydrogens is 442 g/mol. The molecule has 4 rings (SSSR count). The van der Waals surface area contributed by atoms with Crippen molar-refractivity contribution in [1.29, 1.82) is 0 Å². The van der Waals surface area contributed by atoms with Gasteiger partial charge in [-0.05, 0) is 37.6 Å². The summed E-state index contributed by atoms with van der Waals surface area (Å²) in [5.74, 6) is -2.21. The highest BCUT2D eigenvalue weighted by Gasteiger charge is 2.23. The molecule has 0 radical (unpaired) electrons. The van der Waals surface area contributed by atoms with Crippen molar-refractivity contribution in [2.24, 2.45) is 0 Å². The number of rotatable bonds is 5. The molecule has 2 aromatic carbocycles. The number of benzene rings is 2. The number of aromatic nitrogens is 4. The highest BCUT2D eigenvalue weighted by molar-refractivity contribution is 6.36. The number of carboxylic acid groups (broad SMARTS) is 1. The maximum absolute atomic E-state index is 14.1. The smallest absolute Gasteiger partial charge is 0.310 e. The van der Waals surface area contributed by atoms with Gasteiger partial charge in [0.25, 0.3) is 0 Å². The predicted molar refractivity (Wildman–Crippen MR) is 117 cm³/mol. The molecule has 1 N–H and O–H groups in total. The Hall–Kier alpha value is -3.03. The van der Waals surface area contributed by atoms with Crippen LogP contribution in [-0.4, -0.2) is 31.1 Å². The van der Waals surface area contributed by atoms with Crippen LogP contribution in [-0.2, 0) is 4.79 Å². The molecule has 0 fully saturated rings. The van der Waals surface area contributed by atoms with Crippen LogP contribution in [0.25, 0.3) is 22.3 Å². The molecule has 1 unspecified atom stereocenters. The maximum atomic E-state index is 14.1. The van der Waals surface area contributed by atoms with Crippen molar-refractivity contribution in [1.82, 2.24) is 20.0 Å². The summed E-state index contributed by atoms with van der Waals surface area (Å²) in [6.45, 7) is 3.42. The van der Waals surface area contributed by atoms with E-state index >= 15 is 0 Å². The molecule has 4 aromatic rings. The van der Waals surface area contributed by atoms with Gasteiger partial charge in [-0.15, -0.1) is 5.10 Å². The summed E-state index contributed by atoms with van der Waals surface area (Å²) < 4.78 is 15.6. The first-order chi connectivity index (χ1) is 14.8. The first-order valence-corrected chi connectivity index (χ1v) is 10.2. The van der Waals surface area contributed by atoms with Crippen molar-refractivity contribution in [3.8, 4) is 11.3 Å². The van der Waals surface area contributed by atoms with Crippen LogP contribution < -0.4 is 0 Å². The molecule has 0 aliphatic carbocycles. The van der Waals surface area contributed by atoms with Crippen molar-refractivity contribution in [3.63, 3.8) is 0 Å². The first kappa shape index (κ1) is 21.2. The Balaban J connectivity index is 1.86. The number of aliphatic carboxylic acids is 1.